The lowest BCUT2D eigenvalue weighted by Gasteiger charge is -2.13. The van der Waals surface area contributed by atoms with E-state index in [-0.39, 0.29) is 16.1 Å². The molecule has 0 aliphatic carbocycles. The fraction of sp³-hybridized carbons (Fsp3) is 0.889. The van der Waals surface area contributed by atoms with Crippen molar-refractivity contribution in [1.82, 2.24) is 0 Å². The first-order chi connectivity index (χ1) is 10.8. The Bertz CT molecular complexity index is 220. The molecule has 0 atom stereocenters. The van der Waals surface area contributed by atoms with E-state index in [1.54, 1.807) is 14.2 Å². The SMILES string of the molecule is C=CCCCCCCCCCCCC[SiH2]OCC(OC)OC. The zero-order valence-electron chi connectivity index (χ0n) is 15.0. The molecule has 132 valence electrons. The summed E-state index contributed by atoms with van der Waals surface area (Å²) in [6.07, 6.45) is 16.9. The molecule has 0 unspecified atom stereocenters. The molecule has 0 aromatic heterocycles. The lowest BCUT2D eigenvalue weighted by atomic mass is 10.1. The largest absolute Gasteiger partial charge is 0.419 e. The minimum atomic E-state index is -0.375. The normalized spacial score (nSPS) is 11.8. The molecule has 0 aromatic rings. The van der Waals surface area contributed by atoms with Gasteiger partial charge in [-0.05, 0) is 18.9 Å². The molecule has 4 heteroatoms. The minimum absolute atomic E-state index is 0.190. The van der Waals surface area contributed by atoms with E-state index in [0.29, 0.717) is 6.61 Å². The zero-order valence-corrected chi connectivity index (χ0v) is 16.4. The van der Waals surface area contributed by atoms with Gasteiger partial charge >= 0.3 is 0 Å². The van der Waals surface area contributed by atoms with E-state index >= 15 is 0 Å². The molecule has 0 fully saturated rings. The lowest BCUT2D eigenvalue weighted by Crippen LogP contribution is -2.21. The van der Waals surface area contributed by atoms with Crippen LogP contribution in [-0.2, 0) is 13.9 Å². The van der Waals surface area contributed by atoms with Crippen molar-refractivity contribution in [2.45, 2.75) is 83.0 Å². The molecule has 0 N–H and O–H groups in total. The smallest absolute Gasteiger partial charge is 0.178 e. The maximum absolute atomic E-state index is 5.66. The van der Waals surface area contributed by atoms with Crippen LogP contribution in [0.1, 0.15) is 70.6 Å². The van der Waals surface area contributed by atoms with Gasteiger partial charge in [0.25, 0.3) is 0 Å². The summed E-state index contributed by atoms with van der Waals surface area (Å²) in [6, 6.07) is 1.28. The van der Waals surface area contributed by atoms with Gasteiger partial charge in [0.2, 0.25) is 0 Å². The third-order valence-electron chi connectivity index (χ3n) is 3.98. The van der Waals surface area contributed by atoms with Crippen molar-refractivity contribution in [3.8, 4) is 0 Å². The van der Waals surface area contributed by atoms with Crippen LogP contribution < -0.4 is 0 Å². The first-order valence-corrected chi connectivity index (χ1v) is 10.7. The van der Waals surface area contributed by atoms with E-state index in [1.807, 2.05) is 6.08 Å². The minimum Gasteiger partial charge on any atom is -0.419 e. The van der Waals surface area contributed by atoms with Crippen LogP contribution in [0.5, 0.6) is 0 Å². The van der Waals surface area contributed by atoms with Gasteiger partial charge in [0.1, 0.15) is 0 Å². The number of rotatable bonds is 18. The molecule has 0 radical (unpaired) electrons. The molecular weight excluding hydrogens is 292 g/mol. The average molecular weight is 331 g/mol. The third-order valence-corrected chi connectivity index (χ3v) is 5.29. The summed E-state index contributed by atoms with van der Waals surface area (Å²) < 4.78 is 15.8. The summed E-state index contributed by atoms with van der Waals surface area (Å²) in [7, 11) is 2.93. The first-order valence-electron chi connectivity index (χ1n) is 9.09. The fourth-order valence-electron chi connectivity index (χ4n) is 2.50. The van der Waals surface area contributed by atoms with E-state index < -0.39 is 0 Å². The summed E-state index contributed by atoms with van der Waals surface area (Å²) >= 11 is 0. The summed E-state index contributed by atoms with van der Waals surface area (Å²) in [5.41, 5.74) is 0. The fourth-order valence-corrected chi connectivity index (χ4v) is 3.62. The highest BCUT2D eigenvalue weighted by atomic mass is 28.2. The van der Waals surface area contributed by atoms with Crippen molar-refractivity contribution in [2.75, 3.05) is 20.8 Å². The number of methoxy groups -OCH3 is 2. The van der Waals surface area contributed by atoms with E-state index in [1.165, 1.54) is 76.7 Å². The standard InChI is InChI=1S/C18H38O3Si/c1-4-5-6-7-8-9-10-11-12-13-14-15-16-22-21-17-18(19-2)20-3/h4,18H,1,5-17,22H2,2-3H3. The van der Waals surface area contributed by atoms with Crippen LogP contribution >= 0.6 is 0 Å². The highest BCUT2D eigenvalue weighted by Crippen LogP contribution is 2.12. The molecule has 0 heterocycles. The van der Waals surface area contributed by atoms with Gasteiger partial charge in [-0.3, -0.25) is 0 Å². The molecule has 0 spiro atoms. The number of ether oxygens (including phenoxy) is 2. The van der Waals surface area contributed by atoms with Gasteiger partial charge in [-0.1, -0.05) is 63.9 Å². The number of unbranched alkanes of at least 4 members (excludes halogenated alkanes) is 10. The quantitative estimate of drug-likeness (QED) is 0.159. The Morgan fingerprint density at radius 1 is 0.818 bits per heavy atom. The van der Waals surface area contributed by atoms with Gasteiger partial charge in [0.15, 0.2) is 16.1 Å². The van der Waals surface area contributed by atoms with Crippen molar-refractivity contribution in [3.05, 3.63) is 12.7 Å². The van der Waals surface area contributed by atoms with E-state index in [9.17, 15) is 0 Å². The summed E-state index contributed by atoms with van der Waals surface area (Å²) in [6.45, 7) is 4.35. The van der Waals surface area contributed by atoms with Crippen LogP contribution in [0.25, 0.3) is 0 Å². The Morgan fingerprint density at radius 2 is 1.32 bits per heavy atom. The molecular formula is C18H38O3Si. The van der Waals surface area contributed by atoms with Gasteiger partial charge in [0.05, 0.1) is 6.61 Å². The van der Waals surface area contributed by atoms with Gasteiger partial charge in [0, 0.05) is 14.2 Å². The molecule has 0 saturated carbocycles. The predicted octanol–water partition coefficient (Wildman–Crippen LogP) is 4.60. The first kappa shape index (κ1) is 21.8. The van der Waals surface area contributed by atoms with Crippen molar-refractivity contribution in [3.63, 3.8) is 0 Å². The van der Waals surface area contributed by atoms with Crippen LogP contribution in [0, 0.1) is 0 Å². The van der Waals surface area contributed by atoms with Crippen LogP contribution in [0.3, 0.4) is 0 Å². The Morgan fingerprint density at radius 3 is 1.82 bits per heavy atom. The average Bonchev–Trinajstić information content (AvgIpc) is 2.55. The molecule has 0 rings (SSSR count). The second kappa shape index (κ2) is 18.9. The van der Waals surface area contributed by atoms with Crippen LogP contribution in [0.15, 0.2) is 12.7 Å². The maximum Gasteiger partial charge on any atom is 0.178 e. The molecule has 0 aliphatic rings. The number of hydrogen-bond acceptors (Lipinski definition) is 3. The van der Waals surface area contributed by atoms with Gasteiger partial charge in [-0.2, -0.15) is 0 Å². The molecule has 3 nitrogen and oxygen atoms in total. The number of hydrogen-bond donors (Lipinski definition) is 0. The Balaban J connectivity index is 3.04. The van der Waals surface area contributed by atoms with Gasteiger partial charge in [-0.15, -0.1) is 6.58 Å². The zero-order chi connectivity index (χ0) is 16.3. The van der Waals surface area contributed by atoms with Gasteiger partial charge < -0.3 is 13.9 Å². The van der Waals surface area contributed by atoms with Crippen molar-refractivity contribution >= 4 is 9.76 Å². The van der Waals surface area contributed by atoms with Crippen molar-refractivity contribution in [1.29, 1.82) is 0 Å². The second-order valence-electron chi connectivity index (χ2n) is 5.94. The molecule has 0 bridgehead atoms. The lowest BCUT2D eigenvalue weighted by molar-refractivity contribution is -0.121. The molecule has 0 aromatic carbocycles. The maximum atomic E-state index is 5.66. The molecule has 0 amide bonds. The van der Waals surface area contributed by atoms with Crippen LogP contribution in [0.4, 0.5) is 0 Å². The third kappa shape index (κ3) is 16.2. The topological polar surface area (TPSA) is 27.7 Å². The predicted molar refractivity (Wildman–Crippen MR) is 98.1 cm³/mol. The monoisotopic (exact) mass is 330 g/mol. The molecule has 0 saturated heterocycles. The highest BCUT2D eigenvalue weighted by Gasteiger charge is 2.03. The Labute approximate surface area is 140 Å². The summed E-state index contributed by atoms with van der Waals surface area (Å²) in [5, 5.41) is 0. The molecule has 0 aliphatic heterocycles. The summed E-state index contributed by atoms with van der Waals surface area (Å²) in [5.74, 6) is 0. The van der Waals surface area contributed by atoms with E-state index in [4.69, 9.17) is 13.9 Å². The van der Waals surface area contributed by atoms with Crippen LogP contribution in [-0.4, -0.2) is 36.9 Å². The van der Waals surface area contributed by atoms with Crippen molar-refractivity contribution < 1.29 is 13.9 Å². The summed E-state index contributed by atoms with van der Waals surface area (Å²) in [4.78, 5) is 0. The van der Waals surface area contributed by atoms with E-state index in [2.05, 4.69) is 6.58 Å². The van der Waals surface area contributed by atoms with Crippen molar-refractivity contribution in [2.24, 2.45) is 0 Å². The van der Waals surface area contributed by atoms with Crippen LogP contribution in [0.2, 0.25) is 6.04 Å². The molecule has 22 heavy (non-hydrogen) atoms. The number of allylic oxidation sites excluding steroid dienone is 1. The second-order valence-corrected chi connectivity index (χ2v) is 7.47. The van der Waals surface area contributed by atoms with Gasteiger partial charge in [-0.25, -0.2) is 0 Å². The Hall–Kier alpha value is -0.163. The Kier molecular flexibility index (Phi) is 18.7. The van der Waals surface area contributed by atoms with E-state index in [0.717, 1.165) is 0 Å². The highest BCUT2D eigenvalue weighted by molar-refractivity contribution is 6.26.